The summed E-state index contributed by atoms with van der Waals surface area (Å²) in [4.78, 5) is 6.31. The lowest BCUT2D eigenvalue weighted by molar-refractivity contribution is -0.0494. The fourth-order valence-corrected chi connectivity index (χ4v) is 3.04. The topological polar surface area (TPSA) is 69.2 Å². The van der Waals surface area contributed by atoms with Gasteiger partial charge in [0.2, 0.25) is 11.7 Å². The second kappa shape index (κ2) is 8.83. The Morgan fingerprint density at radius 3 is 2.63 bits per heavy atom. The summed E-state index contributed by atoms with van der Waals surface area (Å²) in [7, 11) is 1.91. The first-order chi connectivity index (χ1) is 14.6. The molecule has 2 aromatic carbocycles. The van der Waals surface area contributed by atoms with Crippen molar-refractivity contribution in [1.29, 1.82) is 0 Å². The molecule has 0 saturated carbocycles. The highest BCUT2D eigenvalue weighted by atomic mass is 19.3. The van der Waals surface area contributed by atoms with Crippen LogP contribution in [0.5, 0.6) is 5.75 Å². The van der Waals surface area contributed by atoms with Gasteiger partial charge in [0.25, 0.3) is 0 Å². The van der Waals surface area contributed by atoms with E-state index in [1.54, 1.807) is 24.4 Å². The molecule has 9 heteroatoms. The van der Waals surface area contributed by atoms with E-state index in [1.165, 1.54) is 6.07 Å². The Morgan fingerprint density at radius 1 is 1.07 bits per heavy atom. The Kier molecular flexibility index (Phi) is 5.80. The molecule has 4 aromatic rings. The summed E-state index contributed by atoms with van der Waals surface area (Å²) in [5.74, 6) is 0.572. The zero-order valence-corrected chi connectivity index (χ0v) is 16.2. The molecule has 2 heterocycles. The first-order valence-corrected chi connectivity index (χ1v) is 9.23. The number of aromatic nitrogens is 4. The monoisotopic (exact) mass is 411 g/mol. The number of nitrogens with zero attached hydrogens (tertiary/aromatic N) is 5. The van der Waals surface area contributed by atoms with E-state index in [4.69, 9.17) is 4.52 Å². The number of ether oxygens (including phenoxy) is 1. The van der Waals surface area contributed by atoms with Crippen molar-refractivity contribution >= 4 is 0 Å². The van der Waals surface area contributed by atoms with Gasteiger partial charge < -0.3 is 9.26 Å². The number of halogens is 2. The van der Waals surface area contributed by atoms with Gasteiger partial charge in [-0.25, -0.2) is 4.68 Å². The average molecular weight is 411 g/mol. The molecule has 0 saturated heterocycles. The van der Waals surface area contributed by atoms with E-state index in [1.807, 2.05) is 53.2 Å². The number of rotatable bonds is 8. The molecular weight excluding hydrogens is 392 g/mol. The third-order valence-electron chi connectivity index (χ3n) is 4.33. The molecule has 0 aliphatic carbocycles. The minimum absolute atomic E-state index is 0.00142. The van der Waals surface area contributed by atoms with Gasteiger partial charge in [0.1, 0.15) is 5.75 Å². The lowest BCUT2D eigenvalue weighted by atomic mass is 10.2. The summed E-state index contributed by atoms with van der Waals surface area (Å²) in [6, 6.07) is 16.2. The zero-order valence-electron chi connectivity index (χ0n) is 16.2. The summed E-state index contributed by atoms with van der Waals surface area (Å²) < 4.78 is 36.9. The molecule has 0 fully saturated rings. The standard InChI is InChI=1S/C21H19F2N5O2/c1-27(12-15-11-24-28(13-15)16-7-3-2-4-8-16)14-19-25-20(26-30-19)17-9-5-6-10-18(17)29-21(22)23/h2-11,13,21H,12,14H2,1H3. The SMILES string of the molecule is CN(Cc1cnn(-c2ccccc2)c1)Cc1nc(-c2ccccc2OC(F)F)no1. The van der Waals surface area contributed by atoms with E-state index in [-0.39, 0.29) is 11.6 Å². The van der Waals surface area contributed by atoms with Gasteiger partial charge in [0.05, 0.1) is 24.0 Å². The Morgan fingerprint density at radius 2 is 1.83 bits per heavy atom. The van der Waals surface area contributed by atoms with Crippen LogP contribution in [0.4, 0.5) is 8.78 Å². The van der Waals surface area contributed by atoms with Gasteiger partial charge in [-0.2, -0.15) is 18.9 Å². The van der Waals surface area contributed by atoms with E-state index in [0.717, 1.165) is 11.3 Å². The van der Waals surface area contributed by atoms with Gasteiger partial charge in [0.15, 0.2) is 0 Å². The third kappa shape index (κ3) is 4.69. The van der Waals surface area contributed by atoms with Crippen molar-refractivity contribution in [2.24, 2.45) is 0 Å². The van der Waals surface area contributed by atoms with E-state index in [9.17, 15) is 8.78 Å². The minimum Gasteiger partial charge on any atom is -0.434 e. The number of benzene rings is 2. The first-order valence-electron chi connectivity index (χ1n) is 9.23. The van der Waals surface area contributed by atoms with Crippen LogP contribution in [-0.2, 0) is 13.1 Å². The van der Waals surface area contributed by atoms with Crippen LogP contribution in [0.1, 0.15) is 11.5 Å². The van der Waals surface area contributed by atoms with Crippen LogP contribution in [0.15, 0.2) is 71.5 Å². The largest absolute Gasteiger partial charge is 0.434 e. The highest BCUT2D eigenvalue weighted by molar-refractivity contribution is 5.63. The highest BCUT2D eigenvalue weighted by Gasteiger charge is 2.17. The van der Waals surface area contributed by atoms with Crippen molar-refractivity contribution in [1.82, 2.24) is 24.8 Å². The molecule has 0 spiro atoms. The first kappa shape index (κ1) is 19.7. The molecule has 30 heavy (non-hydrogen) atoms. The van der Waals surface area contributed by atoms with Gasteiger partial charge in [-0.3, -0.25) is 4.90 Å². The van der Waals surface area contributed by atoms with E-state index in [2.05, 4.69) is 20.0 Å². The van der Waals surface area contributed by atoms with Crippen molar-refractivity contribution in [3.05, 3.63) is 78.4 Å². The van der Waals surface area contributed by atoms with Gasteiger partial charge in [-0.1, -0.05) is 35.5 Å². The Hall–Kier alpha value is -3.59. The number of alkyl halides is 2. The Bertz CT molecular complexity index is 1100. The third-order valence-corrected chi connectivity index (χ3v) is 4.33. The summed E-state index contributed by atoms with van der Waals surface area (Å²) >= 11 is 0. The van der Waals surface area contributed by atoms with Crippen LogP contribution >= 0.6 is 0 Å². The van der Waals surface area contributed by atoms with E-state index in [0.29, 0.717) is 24.5 Å². The van der Waals surface area contributed by atoms with Gasteiger partial charge in [0, 0.05) is 18.3 Å². The summed E-state index contributed by atoms with van der Waals surface area (Å²) in [6.45, 7) is -1.92. The summed E-state index contributed by atoms with van der Waals surface area (Å²) in [6.07, 6.45) is 3.77. The molecule has 0 unspecified atom stereocenters. The maximum absolute atomic E-state index is 12.6. The molecule has 0 radical (unpaired) electrons. The molecule has 0 aliphatic heterocycles. The van der Waals surface area contributed by atoms with Crippen molar-refractivity contribution in [2.75, 3.05) is 7.05 Å². The predicted molar refractivity (Wildman–Crippen MR) is 105 cm³/mol. The number of para-hydroxylation sites is 2. The fourth-order valence-electron chi connectivity index (χ4n) is 3.04. The van der Waals surface area contributed by atoms with Crippen LogP contribution in [-0.4, -0.2) is 38.5 Å². The summed E-state index contributed by atoms with van der Waals surface area (Å²) in [5.41, 5.74) is 2.36. The fraction of sp³-hybridized carbons (Fsp3) is 0.190. The van der Waals surface area contributed by atoms with Crippen LogP contribution in [0, 0.1) is 0 Å². The lowest BCUT2D eigenvalue weighted by Crippen LogP contribution is -2.17. The lowest BCUT2D eigenvalue weighted by Gasteiger charge is -2.12. The van der Waals surface area contributed by atoms with Crippen molar-refractivity contribution in [3.8, 4) is 22.8 Å². The molecule has 0 bridgehead atoms. The smallest absolute Gasteiger partial charge is 0.387 e. The predicted octanol–water partition coefficient (Wildman–Crippen LogP) is 4.16. The van der Waals surface area contributed by atoms with Gasteiger partial charge in [-0.15, -0.1) is 0 Å². The average Bonchev–Trinajstić information content (AvgIpc) is 3.38. The molecule has 154 valence electrons. The van der Waals surface area contributed by atoms with E-state index < -0.39 is 6.61 Å². The number of hydrogen-bond donors (Lipinski definition) is 0. The molecule has 7 nitrogen and oxygen atoms in total. The molecular formula is C21H19F2N5O2. The van der Waals surface area contributed by atoms with Crippen molar-refractivity contribution < 1.29 is 18.0 Å². The van der Waals surface area contributed by atoms with Gasteiger partial charge >= 0.3 is 6.61 Å². The Balaban J connectivity index is 1.42. The molecule has 0 atom stereocenters. The van der Waals surface area contributed by atoms with Crippen LogP contribution in [0.2, 0.25) is 0 Å². The second-order valence-electron chi connectivity index (χ2n) is 6.69. The minimum atomic E-state index is -2.93. The Labute approximate surface area is 171 Å². The van der Waals surface area contributed by atoms with Crippen molar-refractivity contribution in [3.63, 3.8) is 0 Å². The normalized spacial score (nSPS) is 11.4. The van der Waals surface area contributed by atoms with E-state index >= 15 is 0 Å². The number of hydrogen-bond acceptors (Lipinski definition) is 6. The maximum Gasteiger partial charge on any atom is 0.387 e. The highest BCUT2D eigenvalue weighted by Crippen LogP contribution is 2.29. The molecule has 0 amide bonds. The second-order valence-corrected chi connectivity index (χ2v) is 6.69. The molecule has 0 N–H and O–H groups in total. The molecule has 0 aliphatic rings. The molecule has 4 rings (SSSR count). The van der Waals surface area contributed by atoms with Crippen molar-refractivity contribution in [2.45, 2.75) is 19.7 Å². The van der Waals surface area contributed by atoms with Crippen LogP contribution in [0.3, 0.4) is 0 Å². The maximum atomic E-state index is 12.6. The quantitative estimate of drug-likeness (QED) is 0.434. The molecule has 2 aromatic heterocycles. The van der Waals surface area contributed by atoms with Crippen LogP contribution in [0.25, 0.3) is 17.1 Å². The summed E-state index contributed by atoms with van der Waals surface area (Å²) in [5, 5.41) is 8.29. The van der Waals surface area contributed by atoms with Gasteiger partial charge in [-0.05, 0) is 31.3 Å². The zero-order chi connectivity index (χ0) is 20.9. The van der Waals surface area contributed by atoms with Crippen LogP contribution < -0.4 is 4.74 Å².